The molecule has 0 amide bonds. The number of carboxylic acids is 1. The third kappa shape index (κ3) is 4.40. The van der Waals surface area contributed by atoms with Gasteiger partial charge in [-0.3, -0.25) is 0 Å². The topological polar surface area (TPSA) is 52.6 Å². The Morgan fingerprint density at radius 3 is 2.71 bits per heavy atom. The van der Waals surface area contributed by atoms with Gasteiger partial charge in [0.2, 0.25) is 0 Å². The molecule has 94 valence electrons. The number of nitrogens with zero attached hydrogens (tertiary/aromatic N) is 1. The summed E-state index contributed by atoms with van der Waals surface area (Å²) in [5.74, 6) is -1.65. The van der Waals surface area contributed by atoms with Crippen molar-refractivity contribution in [3.05, 3.63) is 29.6 Å². The molecule has 5 heteroatoms. The third-order valence-corrected chi connectivity index (χ3v) is 2.31. The van der Waals surface area contributed by atoms with Gasteiger partial charge in [0.1, 0.15) is 5.82 Å². The molecule has 0 unspecified atom stereocenters. The van der Waals surface area contributed by atoms with E-state index in [-0.39, 0.29) is 5.56 Å². The molecule has 0 aliphatic rings. The summed E-state index contributed by atoms with van der Waals surface area (Å²) < 4.78 is 13.5. The van der Waals surface area contributed by atoms with Gasteiger partial charge < -0.3 is 15.3 Å². The van der Waals surface area contributed by atoms with Crippen LogP contribution in [0.3, 0.4) is 0 Å². The van der Waals surface area contributed by atoms with E-state index in [2.05, 4.69) is 5.32 Å². The third-order valence-electron chi connectivity index (χ3n) is 2.31. The number of nitrogens with one attached hydrogen (secondary N) is 1. The second-order valence-electron chi connectivity index (χ2n) is 4.08. The number of hydrogen-bond donors (Lipinski definition) is 2. The zero-order valence-electron chi connectivity index (χ0n) is 10.0. The maximum absolute atomic E-state index is 13.5. The van der Waals surface area contributed by atoms with E-state index in [1.54, 1.807) is 0 Å². The van der Waals surface area contributed by atoms with E-state index in [0.717, 1.165) is 19.0 Å². The second-order valence-corrected chi connectivity index (χ2v) is 4.08. The first-order valence-electron chi connectivity index (χ1n) is 5.42. The van der Waals surface area contributed by atoms with Gasteiger partial charge in [-0.05, 0) is 45.3 Å². The Morgan fingerprint density at radius 1 is 1.47 bits per heavy atom. The minimum Gasteiger partial charge on any atom is -0.478 e. The van der Waals surface area contributed by atoms with Crippen LogP contribution in [0.2, 0.25) is 0 Å². The highest BCUT2D eigenvalue weighted by molar-refractivity contribution is 5.88. The molecule has 0 heterocycles. The fourth-order valence-electron chi connectivity index (χ4n) is 1.41. The number of rotatable bonds is 6. The lowest BCUT2D eigenvalue weighted by atomic mass is 10.2. The molecule has 0 aromatic heterocycles. The van der Waals surface area contributed by atoms with Crippen molar-refractivity contribution < 1.29 is 14.3 Å². The molecule has 0 spiro atoms. The maximum Gasteiger partial charge on any atom is 0.335 e. The molecular formula is C12H17FN2O2. The predicted octanol–water partition coefficient (Wildman–Crippen LogP) is 1.89. The number of carbonyl (C=O) groups is 1. The normalized spacial score (nSPS) is 10.6. The lowest BCUT2D eigenvalue weighted by molar-refractivity contribution is 0.0696. The summed E-state index contributed by atoms with van der Waals surface area (Å²) in [6.45, 7) is 1.57. The van der Waals surface area contributed by atoms with Gasteiger partial charge in [0.15, 0.2) is 0 Å². The summed E-state index contributed by atoms with van der Waals surface area (Å²) >= 11 is 0. The van der Waals surface area contributed by atoms with Crippen LogP contribution in [0.15, 0.2) is 18.2 Å². The first-order chi connectivity index (χ1) is 8.00. The van der Waals surface area contributed by atoms with Gasteiger partial charge in [0.25, 0.3) is 0 Å². The van der Waals surface area contributed by atoms with Crippen molar-refractivity contribution in [1.29, 1.82) is 0 Å². The minimum atomic E-state index is -1.12. The van der Waals surface area contributed by atoms with Gasteiger partial charge in [0.05, 0.1) is 11.3 Å². The van der Waals surface area contributed by atoms with Crippen molar-refractivity contribution in [3.63, 3.8) is 0 Å². The monoisotopic (exact) mass is 240 g/mol. The molecule has 0 aliphatic heterocycles. The van der Waals surface area contributed by atoms with Crippen LogP contribution in [0, 0.1) is 5.82 Å². The van der Waals surface area contributed by atoms with Crippen LogP contribution >= 0.6 is 0 Å². The molecule has 0 aliphatic carbocycles. The first-order valence-corrected chi connectivity index (χ1v) is 5.42. The SMILES string of the molecule is CN(C)CCCNc1ccc(C(=O)O)cc1F. The molecule has 0 saturated carbocycles. The average molecular weight is 240 g/mol. The fourth-order valence-corrected chi connectivity index (χ4v) is 1.41. The van der Waals surface area contributed by atoms with E-state index in [0.29, 0.717) is 12.2 Å². The average Bonchev–Trinajstić information content (AvgIpc) is 2.25. The summed E-state index contributed by atoms with van der Waals surface area (Å²) in [6, 6.07) is 3.87. The Hall–Kier alpha value is -1.62. The molecule has 2 N–H and O–H groups in total. The van der Waals surface area contributed by atoms with Gasteiger partial charge >= 0.3 is 5.97 Å². The molecule has 1 aromatic carbocycles. The molecule has 0 fully saturated rings. The quantitative estimate of drug-likeness (QED) is 0.745. The van der Waals surface area contributed by atoms with E-state index in [1.165, 1.54) is 12.1 Å². The second kappa shape index (κ2) is 6.20. The summed E-state index contributed by atoms with van der Waals surface area (Å²) in [5, 5.41) is 11.6. The largest absolute Gasteiger partial charge is 0.478 e. The standard InChI is InChI=1S/C12H17FN2O2/c1-15(2)7-3-6-14-11-5-4-9(12(16)17)8-10(11)13/h4-5,8,14H,3,6-7H2,1-2H3,(H,16,17). The maximum atomic E-state index is 13.5. The lowest BCUT2D eigenvalue weighted by Crippen LogP contribution is -2.16. The lowest BCUT2D eigenvalue weighted by Gasteiger charge is -2.11. The van der Waals surface area contributed by atoms with Crippen LogP contribution in [0.1, 0.15) is 16.8 Å². The Morgan fingerprint density at radius 2 is 2.18 bits per heavy atom. The Balaban J connectivity index is 2.52. The van der Waals surface area contributed by atoms with E-state index >= 15 is 0 Å². The van der Waals surface area contributed by atoms with E-state index in [4.69, 9.17) is 5.11 Å². The van der Waals surface area contributed by atoms with E-state index in [9.17, 15) is 9.18 Å². The van der Waals surface area contributed by atoms with E-state index in [1.807, 2.05) is 19.0 Å². The molecule has 0 saturated heterocycles. The first kappa shape index (κ1) is 13.4. The van der Waals surface area contributed by atoms with Crippen LogP contribution in [-0.2, 0) is 0 Å². The number of carboxylic acid groups (broad SMARTS) is 1. The van der Waals surface area contributed by atoms with Crippen LogP contribution in [0.4, 0.5) is 10.1 Å². The Labute approximate surface area is 100 Å². The van der Waals surface area contributed by atoms with E-state index < -0.39 is 11.8 Å². The van der Waals surface area contributed by atoms with Crippen LogP contribution in [0.25, 0.3) is 0 Å². The number of aromatic carboxylic acids is 1. The molecule has 0 bridgehead atoms. The molecule has 1 rings (SSSR count). The van der Waals surface area contributed by atoms with Crippen molar-refractivity contribution in [2.75, 3.05) is 32.5 Å². The van der Waals surface area contributed by atoms with Gasteiger partial charge in [0, 0.05) is 6.54 Å². The number of anilines is 1. The highest BCUT2D eigenvalue weighted by atomic mass is 19.1. The fraction of sp³-hybridized carbons (Fsp3) is 0.417. The van der Waals surface area contributed by atoms with Crippen molar-refractivity contribution in [2.45, 2.75) is 6.42 Å². The summed E-state index contributed by atoms with van der Waals surface area (Å²) in [7, 11) is 3.95. The van der Waals surface area contributed by atoms with Crippen molar-refractivity contribution >= 4 is 11.7 Å². The zero-order chi connectivity index (χ0) is 12.8. The number of benzene rings is 1. The molecule has 1 aromatic rings. The van der Waals surface area contributed by atoms with Crippen molar-refractivity contribution in [1.82, 2.24) is 4.90 Å². The summed E-state index contributed by atoms with van der Waals surface area (Å²) in [6.07, 6.45) is 0.896. The van der Waals surface area contributed by atoms with Crippen LogP contribution < -0.4 is 5.32 Å². The van der Waals surface area contributed by atoms with Gasteiger partial charge in [-0.2, -0.15) is 0 Å². The minimum absolute atomic E-state index is 0.0404. The smallest absolute Gasteiger partial charge is 0.335 e. The van der Waals surface area contributed by atoms with Crippen LogP contribution in [0.5, 0.6) is 0 Å². The molecule has 17 heavy (non-hydrogen) atoms. The van der Waals surface area contributed by atoms with Gasteiger partial charge in [-0.1, -0.05) is 0 Å². The Bertz CT molecular complexity index is 394. The molecule has 4 nitrogen and oxygen atoms in total. The van der Waals surface area contributed by atoms with Gasteiger partial charge in [-0.25, -0.2) is 9.18 Å². The zero-order valence-corrected chi connectivity index (χ0v) is 10.0. The molecular weight excluding hydrogens is 223 g/mol. The molecule has 0 radical (unpaired) electrons. The highest BCUT2D eigenvalue weighted by Gasteiger charge is 2.07. The van der Waals surface area contributed by atoms with Crippen molar-refractivity contribution in [2.24, 2.45) is 0 Å². The Kier molecular flexibility index (Phi) is 4.90. The molecule has 0 atom stereocenters. The predicted molar refractivity (Wildman–Crippen MR) is 65.0 cm³/mol. The van der Waals surface area contributed by atoms with Crippen LogP contribution in [-0.4, -0.2) is 43.2 Å². The summed E-state index contributed by atoms with van der Waals surface area (Å²) in [4.78, 5) is 12.7. The van der Waals surface area contributed by atoms with Crippen molar-refractivity contribution in [3.8, 4) is 0 Å². The highest BCUT2D eigenvalue weighted by Crippen LogP contribution is 2.15. The summed E-state index contributed by atoms with van der Waals surface area (Å²) in [5.41, 5.74) is 0.301. The van der Waals surface area contributed by atoms with Gasteiger partial charge in [-0.15, -0.1) is 0 Å². The number of halogens is 1. The number of hydrogen-bond acceptors (Lipinski definition) is 3.